The number of aliphatic hydroxyl groups excluding tert-OH is 1. The molecule has 0 fully saturated rings. The first-order chi connectivity index (χ1) is 8.47. The number of aryl methyl sites for hydroxylation is 1. The smallest absolute Gasteiger partial charge is 0.123 e. The predicted molar refractivity (Wildman–Crippen MR) is 82.1 cm³/mol. The lowest BCUT2D eigenvalue weighted by Crippen LogP contribution is -2.03. The number of benzene rings is 2. The summed E-state index contributed by atoms with van der Waals surface area (Å²) in [4.78, 5) is 0. The van der Waals surface area contributed by atoms with Crippen molar-refractivity contribution in [3.05, 3.63) is 66.9 Å². The van der Waals surface area contributed by atoms with E-state index in [0.717, 1.165) is 19.2 Å². The minimum absolute atomic E-state index is 0.325. The van der Waals surface area contributed by atoms with Crippen LogP contribution in [-0.4, -0.2) is 5.11 Å². The third-order valence-corrected chi connectivity index (χ3v) is 4.11. The van der Waals surface area contributed by atoms with Crippen molar-refractivity contribution in [1.29, 1.82) is 0 Å². The minimum atomic E-state index is -0.816. The van der Waals surface area contributed by atoms with Crippen molar-refractivity contribution in [2.75, 3.05) is 0 Å². The van der Waals surface area contributed by atoms with Gasteiger partial charge in [0.2, 0.25) is 0 Å². The predicted octanol–water partition coefficient (Wildman–Crippen LogP) is 4.58. The fourth-order valence-corrected chi connectivity index (χ4v) is 2.84. The molecule has 0 spiro atoms. The lowest BCUT2D eigenvalue weighted by Gasteiger charge is -2.14. The Hall–Kier alpha value is -0.460. The lowest BCUT2D eigenvalue weighted by atomic mass is 10.00. The number of aliphatic hydroxyl groups is 1. The van der Waals surface area contributed by atoms with Gasteiger partial charge in [-0.3, -0.25) is 0 Å². The van der Waals surface area contributed by atoms with E-state index in [1.54, 1.807) is 6.07 Å². The first-order valence-corrected chi connectivity index (χ1v) is 7.24. The highest BCUT2D eigenvalue weighted by Crippen LogP contribution is 2.29. The molecule has 18 heavy (non-hydrogen) atoms. The van der Waals surface area contributed by atoms with Gasteiger partial charge in [0.15, 0.2) is 0 Å². The Labute approximate surface area is 127 Å². The zero-order valence-electron chi connectivity index (χ0n) is 9.62. The summed E-state index contributed by atoms with van der Waals surface area (Å²) in [7, 11) is 0. The fourth-order valence-electron chi connectivity index (χ4n) is 1.83. The number of hydrogen-bond acceptors (Lipinski definition) is 1. The normalized spacial score (nSPS) is 12.5. The molecule has 1 atom stereocenters. The Balaban J connectivity index is 2.47. The van der Waals surface area contributed by atoms with Gasteiger partial charge in [0.25, 0.3) is 0 Å². The summed E-state index contributed by atoms with van der Waals surface area (Å²) >= 11 is 5.54. The van der Waals surface area contributed by atoms with Gasteiger partial charge in [0, 0.05) is 8.04 Å². The summed E-state index contributed by atoms with van der Waals surface area (Å²) in [5, 5.41) is 10.4. The molecule has 0 heterocycles. The quantitative estimate of drug-likeness (QED) is 0.705. The zero-order valence-corrected chi connectivity index (χ0v) is 13.4. The molecule has 0 radical (unpaired) electrons. The molecule has 0 aliphatic rings. The molecule has 0 saturated carbocycles. The van der Waals surface area contributed by atoms with Gasteiger partial charge in [0.05, 0.1) is 0 Å². The van der Waals surface area contributed by atoms with Crippen LogP contribution >= 0.6 is 38.5 Å². The van der Waals surface area contributed by atoms with Crippen molar-refractivity contribution >= 4 is 38.5 Å². The SMILES string of the molecule is Cc1cc(F)cc(C(O)c2cc(Br)ccc2I)c1. The standard InChI is InChI=1S/C14H11BrFIO/c1-8-4-9(6-11(16)5-8)14(18)12-7-10(15)2-3-13(12)17/h2-7,14,18H,1H3. The van der Waals surface area contributed by atoms with E-state index >= 15 is 0 Å². The van der Waals surface area contributed by atoms with E-state index in [2.05, 4.69) is 38.5 Å². The van der Waals surface area contributed by atoms with Crippen molar-refractivity contribution in [3.63, 3.8) is 0 Å². The summed E-state index contributed by atoms with van der Waals surface area (Å²) in [5.41, 5.74) is 2.15. The van der Waals surface area contributed by atoms with Crippen LogP contribution in [0.1, 0.15) is 22.8 Å². The highest BCUT2D eigenvalue weighted by molar-refractivity contribution is 14.1. The van der Waals surface area contributed by atoms with Crippen LogP contribution in [0.3, 0.4) is 0 Å². The molecule has 1 N–H and O–H groups in total. The molecule has 1 nitrogen and oxygen atoms in total. The molecule has 0 aliphatic carbocycles. The summed E-state index contributed by atoms with van der Waals surface area (Å²) in [6.07, 6.45) is -0.816. The molecule has 94 valence electrons. The van der Waals surface area contributed by atoms with Crippen LogP contribution in [0, 0.1) is 16.3 Å². The highest BCUT2D eigenvalue weighted by atomic mass is 127. The van der Waals surface area contributed by atoms with E-state index in [9.17, 15) is 9.50 Å². The van der Waals surface area contributed by atoms with Crippen LogP contribution in [0.15, 0.2) is 40.9 Å². The van der Waals surface area contributed by atoms with Crippen LogP contribution in [0.2, 0.25) is 0 Å². The van der Waals surface area contributed by atoms with Crippen molar-refractivity contribution in [3.8, 4) is 0 Å². The molecule has 2 aromatic carbocycles. The average molecular weight is 421 g/mol. The number of hydrogen-bond donors (Lipinski definition) is 1. The molecular weight excluding hydrogens is 410 g/mol. The van der Waals surface area contributed by atoms with Crippen LogP contribution in [0.25, 0.3) is 0 Å². The Kier molecular flexibility index (Phi) is 4.40. The summed E-state index contributed by atoms with van der Waals surface area (Å²) in [6.45, 7) is 1.81. The molecule has 0 saturated heterocycles. The Morgan fingerprint density at radius 3 is 2.61 bits per heavy atom. The van der Waals surface area contributed by atoms with E-state index < -0.39 is 6.10 Å². The van der Waals surface area contributed by atoms with Gasteiger partial charge in [-0.05, 0) is 76.5 Å². The van der Waals surface area contributed by atoms with Gasteiger partial charge in [0.1, 0.15) is 11.9 Å². The molecule has 0 aliphatic heterocycles. The topological polar surface area (TPSA) is 20.2 Å². The van der Waals surface area contributed by atoms with Gasteiger partial charge in [-0.2, -0.15) is 0 Å². The number of rotatable bonds is 2. The molecule has 0 aromatic heterocycles. The van der Waals surface area contributed by atoms with Gasteiger partial charge in [-0.25, -0.2) is 4.39 Å². The van der Waals surface area contributed by atoms with Crippen LogP contribution < -0.4 is 0 Å². The van der Waals surface area contributed by atoms with Crippen molar-refractivity contribution in [1.82, 2.24) is 0 Å². The summed E-state index contributed by atoms with van der Waals surface area (Å²) < 4.78 is 15.2. The molecular formula is C14H11BrFIO. The second-order valence-corrected chi connectivity index (χ2v) is 6.21. The molecule has 4 heteroatoms. The second-order valence-electron chi connectivity index (χ2n) is 4.13. The van der Waals surface area contributed by atoms with E-state index in [-0.39, 0.29) is 5.82 Å². The second kappa shape index (κ2) is 5.67. The Morgan fingerprint density at radius 2 is 1.94 bits per heavy atom. The summed E-state index contributed by atoms with van der Waals surface area (Å²) in [6, 6.07) is 10.3. The largest absolute Gasteiger partial charge is 0.384 e. The Bertz CT molecular complexity index is 566. The lowest BCUT2D eigenvalue weighted by molar-refractivity contribution is 0.219. The van der Waals surface area contributed by atoms with Crippen LogP contribution in [0.4, 0.5) is 4.39 Å². The summed E-state index contributed by atoms with van der Waals surface area (Å²) in [5.74, 6) is -0.325. The van der Waals surface area contributed by atoms with Crippen molar-refractivity contribution in [2.24, 2.45) is 0 Å². The third-order valence-electron chi connectivity index (χ3n) is 2.63. The maximum absolute atomic E-state index is 13.4. The van der Waals surface area contributed by atoms with Gasteiger partial charge >= 0.3 is 0 Å². The zero-order chi connectivity index (χ0) is 13.3. The van der Waals surface area contributed by atoms with E-state index in [1.165, 1.54) is 12.1 Å². The molecule has 2 aromatic rings. The first kappa shape index (κ1) is 14.0. The molecule has 0 bridgehead atoms. The van der Waals surface area contributed by atoms with E-state index in [4.69, 9.17) is 0 Å². The van der Waals surface area contributed by atoms with Crippen molar-refractivity contribution in [2.45, 2.75) is 13.0 Å². The molecule has 1 unspecified atom stereocenters. The molecule has 2 rings (SSSR count). The van der Waals surface area contributed by atoms with Gasteiger partial charge in [-0.15, -0.1) is 0 Å². The monoisotopic (exact) mass is 420 g/mol. The van der Waals surface area contributed by atoms with E-state index in [0.29, 0.717) is 5.56 Å². The number of halogens is 3. The van der Waals surface area contributed by atoms with Crippen molar-refractivity contribution < 1.29 is 9.50 Å². The Morgan fingerprint density at radius 1 is 1.22 bits per heavy atom. The van der Waals surface area contributed by atoms with Crippen LogP contribution in [-0.2, 0) is 0 Å². The maximum atomic E-state index is 13.4. The molecule has 0 amide bonds. The average Bonchev–Trinajstić information content (AvgIpc) is 2.30. The van der Waals surface area contributed by atoms with Gasteiger partial charge < -0.3 is 5.11 Å². The minimum Gasteiger partial charge on any atom is -0.384 e. The first-order valence-electron chi connectivity index (χ1n) is 5.37. The van der Waals surface area contributed by atoms with Gasteiger partial charge in [-0.1, -0.05) is 22.0 Å². The maximum Gasteiger partial charge on any atom is 0.123 e. The van der Waals surface area contributed by atoms with Crippen LogP contribution in [0.5, 0.6) is 0 Å². The van der Waals surface area contributed by atoms with E-state index in [1.807, 2.05) is 25.1 Å². The highest BCUT2D eigenvalue weighted by Gasteiger charge is 2.15. The fraction of sp³-hybridized carbons (Fsp3) is 0.143. The third kappa shape index (κ3) is 3.10.